The number of hydrogen-bond donors (Lipinski definition) is 0. The molecule has 37 heavy (non-hydrogen) atoms. The highest BCUT2D eigenvalue weighted by atomic mass is 32.2. The monoisotopic (exact) mass is 549 g/mol. The summed E-state index contributed by atoms with van der Waals surface area (Å²) in [6.45, 7) is 4.03. The van der Waals surface area contributed by atoms with Crippen molar-refractivity contribution in [3.63, 3.8) is 0 Å². The number of ether oxygens (including phenoxy) is 1. The van der Waals surface area contributed by atoms with Gasteiger partial charge < -0.3 is 4.74 Å². The summed E-state index contributed by atoms with van der Waals surface area (Å²) >= 11 is 7.87. The number of para-hydroxylation sites is 2. The molecular weight excluding hydrogens is 530 g/mol. The Kier molecular flexibility index (Phi) is 7.05. The summed E-state index contributed by atoms with van der Waals surface area (Å²) in [5, 5.41) is 0.291. The van der Waals surface area contributed by atoms with Crippen molar-refractivity contribution in [1.82, 2.24) is 14.1 Å². The highest BCUT2D eigenvalue weighted by Gasteiger charge is 2.20. The van der Waals surface area contributed by atoms with Gasteiger partial charge in [-0.15, -0.1) is 0 Å². The van der Waals surface area contributed by atoms with Gasteiger partial charge in [0.25, 0.3) is 5.56 Å². The van der Waals surface area contributed by atoms with E-state index in [9.17, 15) is 14.0 Å². The number of benzene rings is 3. The molecule has 0 saturated heterocycles. The van der Waals surface area contributed by atoms with Gasteiger partial charge in [-0.25, -0.2) is 9.37 Å². The topological polar surface area (TPSA) is 66.1 Å². The van der Waals surface area contributed by atoms with Gasteiger partial charge in [0.15, 0.2) is 26.3 Å². The normalized spacial score (nSPS) is 11.1. The number of halogens is 1. The molecule has 0 bridgehead atoms. The Balaban J connectivity index is 1.61. The van der Waals surface area contributed by atoms with Crippen LogP contribution in [0.5, 0.6) is 5.75 Å². The molecule has 0 amide bonds. The smallest absolute Gasteiger partial charge is 0.321 e. The fourth-order valence-electron chi connectivity index (χ4n) is 3.73. The molecule has 5 aromatic rings. The molecule has 2 aromatic heterocycles. The van der Waals surface area contributed by atoms with Crippen LogP contribution in [0, 0.1) is 23.6 Å². The van der Waals surface area contributed by atoms with E-state index in [1.165, 1.54) is 34.1 Å². The summed E-state index contributed by atoms with van der Waals surface area (Å²) in [5.41, 5.74) is 3.75. The van der Waals surface area contributed by atoms with Crippen LogP contribution in [0.15, 0.2) is 82.7 Å². The lowest BCUT2D eigenvalue weighted by Gasteiger charge is -2.13. The molecule has 186 valence electrons. The molecule has 0 aliphatic rings. The molecule has 0 radical (unpaired) electrons. The molecule has 10 heteroatoms. The number of carbonyl (C=O) groups is 1. The second-order valence-electron chi connectivity index (χ2n) is 8.19. The van der Waals surface area contributed by atoms with E-state index >= 15 is 0 Å². The maximum Gasteiger partial charge on any atom is 0.321 e. The molecular formula is C27H20FN3O3S3. The highest BCUT2D eigenvalue weighted by molar-refractivity contribution is 7.99. The van der Waals surface area contributed by atoms with Crippen molar-refractivity contribution in [2.45, 2.75) is 19.0 Å². The molecule has 0 spiro atoms. The molecule has 6 nitrogen and oxygen atoms in total. The number of aromatic nitrogens is 3. The van der Waals surface area contributed by atoms with Crippen LogP contribution in [0.1, 0.15) is 11.1 Å². The molecule has 0 atom stereocenters. The van der Waals surface area contributed by atoms with Crippen LogP contribution < -0.4 is 10.3 Å². The lowest BCUT2D eigenvalue weighted by atomic mass is 10.1. The zero-order valence-electron chi connectivity index (χ0n) is 19.8. The van der Waals surface area contributed by atoms with Crippen LogP contribution in [-0.4, -0.2) is 25.8 Å². The van der Waals surface area contributed by atoms with Gasteiger partial charge >= 0.3 is 5.97 Å². The lowest BCUT2D eigenvalue weighted by molar-refractivity contribution is -0.131. The van der Waals surface area contributed by atoms with Gasteiger partial charge in [0, 0.05) is 5.69 Å². The van der Waals surface area contributed by atoms with Gasteiger partial charge in [-0.2, -0.15) is 0 Å². The quantitative estimate of drug-likeness (QED) is 0.0801. The fraction of sp³-hybridized carbons (Fsp3) is 0.111. The number of fused-ring (bicyclic) bond motifs is 1. The van der Waals surface area contributed by atoms with Crippen molar-refractivity contribution in [3.8, 4) is 17.1 Å². The Bertz CT molecular complexity index is 1760. The first-order chi connectivity index (χ1) is 17.8. The zero-order chi connectivity index (χ0) is 26.1. The average Bonchev–Trinajstić information content (AvgIpc) is 3.22. The summed E-state index contributed by atoms with van der Waals surface area (Å²) in [5.74, 6) is -1.64. The summed E-state index contributed by atoms with van der Waals surface area (Å²) in [4.78, 5) is 31.1. The van der Waals surface area contributed by atoms with Crippen LogP contribution in [0.3, 0.4) is 0 Å². The highest BCUT2D eigenvalue weighted by Crippen LogP contribution is 2.28. The molecule has 0 unspecified atom stereocenters. The van der Waals surface area contributed by atoms with Crippen LogP contribution in [0.2, 0.25) is 0 Å². The Hall–Kier alpha value is -3.60. The van der Waals surface area contributed by atoms with Crippen LogP contribution in [-0.2, 0) is 4.79 Å². The van der Waals surface area contributed by atoms with E-state index in [0.29, 0.717) is 25.1 Å². The van der Waals surface area contributed by atoms with E-state index in [1.54, 1.807) is 22.8 Å². The number of carbonyl (C=O) groups excluding carboxylic acids is 1. The zero-order valence-corrected chi connectivity index (χ0v) is 22.3. The van der Waals surface area contributed by atoms with Crippen LogP contribution in [0.25, 0.3) is 21.7 Å². The van der Waals surface area contributed by atoms with Crippen molar-refractivity contribution in [3.05, 3.63) is 104 Å². The molecule has 0 saturated carbocycles. The third-order valence-corrected chi connectivity index (χ3v) is 7.98. The Morgan fingerprint density at radius 2 is 1.73 bits per heavy atom. The summed E-state index contributed by atoms with van der Waals surface area (Å²) < 4.78 is 23.2. The van der Waals surface area contributed by atoms with Crippen LogP contribution in [0.4, 0.5) is 4.39 Å². The summed E-state index contributed by atoms with van der Waals surface area (Å²) in [6.07, 6.45) is 0. The third kappa shape index (κ3) is 5.00. The van der Waals surface area contributed by atoms with E-state index < -0.39 is 11.8 Å². The molecule has 0 aliphatic heterocycles. The molecule has 0 fully saturated rings. The van der Waals surface area contributed by atoms with Gasteiger partial charge in [0.1, 0.15) is 4.70 Å². The minimum Gasteiger partial charge on any atom is -0.423 e. The fourth-order valence-corrected chi connectivity index (χ4v) is 5.81. The van der Waals surface area contributed by atoms with Gasteiger partial charge in [-0.1, -0.05) is 59.5 Å². The number of thioether (sulfide) groups is 1. The van der Waals surface area contributed by atoms with Gasteiger partial charge in [-0.3, -0.25) is 18.7 Å². The van der Waals surface area contributed by atoms with Crippen molar-refractivity contribution < 1.29 is 13.9 Å². The van der Waals surface area contributed by atoms with E-state index in [2.05, 4.69) is 0 Å². The minimum absolute atomic E-state index is 0.155. The third-order valence-electron chi connectivity index (χ3n) is 5.72. The van der Waals surface area contributed by atoms with E-state index in [1.807, 2.05) is 50.2 Å². The van der Waals surface area contributed by atoms with Crippen molar-refractivity contribution >= 4 is 51.6 Å². The summed E-state index contributed by atoms with van der Waals surface area (Å²) in [6, 6.07) is 20.7. The van der Waals surface area contributed by atoms with Crippen LogP contribution >= 0.6 is 35.3 Å². The predicted molar refractivity (Wildman–Crippen MR) is 148 cm³/mol. The largest absolute Gasteiger partial charge is 0.423 e. The number of hydrogen-bond acceptors (Lipinski definition) is 7. The molecule has 2 heterocycles. The number of rotatable bonds is 6. The first-order valence-corrected chi connectivity index (χ1v) is 13.4. The van der Waals surface area contributed by atoms with E-state index in [4.69, 9.17) is 21.9 Å². The number of nitrogens with zero attached hydrogens (tertiary/aromatic N) is 3. The summed E-state index contributed by atoms with van der Waals surface area (Å²) in [7, 11) is 0. The standard InChI is InChI=1S/C27H20FN3O3S3/c1-16-12-13-19(14-17(16)2)30-24-23(37-27(30)35)25(33)31(18-8-4-3-5-9-18)26(29-24)36-15-22(32)34-21-11-7-6-10-20(21)28/h3-14H,15H2,1-2H3. The number of thiazole rings is 1. The molecule has 3 aromatic carbocycles. The molecule has 5 rings (SSSR count). The second-order valence-corrected chi connectivity index (χ2v) is 10.8. The Labute approximate surface area is 225 Å². The predicted octanol–water partition coefficient (Wildman–Crippen LogP) is 6.42. The second kappa shape index (κ2) is 10.4. The Morgan fingerprint density at radius 3 is 2.46 bits per heavy atom. The van der Waals surface area contributed by atoms with Gasteiger partial charge in [-0.05, 0) is 73.6 Å². The maximum atomic E-state index is 13.9. The SMILES string of the molecule is Cc1ccc(-n2c(=S)sc3c(=O)n(-c4ccccc4)c(SCC(=O)Oc4ccccc4F)nc32)cc1C. The van der Waals surface area contributed by atoms with E-state index in [-0.39, 0.29) is 17.1 Å². The number of esters is 1. The molecule has 0 aliphatic carbocycles. The van der Waals surface area contributed by atoms with Crippen molar-refractivity contribution in [1.29, 1.82) is 0 Å². The lowest BCUT2D eigenvalue weighted by Crippen LogP contribution is -2.22. The van der Waals surface area contributed by atoms with Crippen molar-refractivity contribution in [2.24, 2.45) is 0 Å². The van der Waals surface area contributed by atoms with E-state index in [0.717, 1.165) is 28.6 Å². The minimum atomic E-state index is -0.666. The first-order valence-electron chi connectivity index (χ1n) is 11.2. The Morgan fingerprint density at radius 1 is 1.00 bits per heavy atom. The molecule has 0 N–H and O–H groups in total. The van der Waals surface area contributed by atoms with Gasteiger partial charge in [0.2, 0.25) is 0 Å². The maximum absolute atomic E-state index is 13.9. The first kappa shape index (κ1) is 25.1. The van der Waals surface area contributed by atoms with Crippen molar-refractivity contribution in [2.75, 3.05) is 5.75 Å². The number of aryl methyl sites for hydroxylation is 2. The van der Waals surface area contributed by atoms with Gasteiger partial charge in [0.05, 0.1) is 11.4 Å². The average molecular weight is 550 g/mol.